The molecule has 9 heteroatoms. The van der Waals surface area contributed by atoms with E-state index >= 15 is 0 Å². The molecule has 32 heavy (non-hydrogen) atoms. The van der Waals surface area contributed by atoms with Crippen LogP contribution >= 0.6 is 22.9 Å². The number of thiazole rings is 1. The molecule has 1 amide bonds. The molecule has 0 aliphatic carbocycles. The Labute approximate surface area is 193 Å². The van der Waals surface area contributed by atoms with Crippen LogP contribution in [-0.2, 0) is 11.3 Å². The molecule has 1 aliphatic heterocycles. The number of halogens is 1. The first kappa shape index (κ1) is 20.5. The Hall–Kier alpha value is -3.36. The highest BCUT2D eigenvalue weighted by molar-refractivity contribution is 7.23. The van der Waals surface area contributed by atoms with Gasteiger partial charge in [-0.15, -0.1) is 0 Å². The van der Waals surface area contributed by atoms with Crippen LogP contribution in [0.2, 0.25) is 5.02 Å². The molecule has 0 spiro atoms. The molecule has 2 aromatic carbocycles. The molecule has 1 aliphatic rings. The van der Waals surface area contributed by atoms with Gasteiger partial charge in [-0.25, -0.2) is 4.98 Å². The molecule has 0 saturated heterocycles. The zero-order chi connectivity index (χ0) is 22.1. The monoisotopic (exact) mass is 467 g/mol. The van der Waals surface area contributed by atoms with Crippen LogP contribution in [-0.4, -0.2) is 35.7 Å². The Morgan fingerprint density at radius 3 is 2.84 bits per heavy atom. The van der Waals surface area contributed by atoms with Crippen molar-refractivity contribution in [3.05, 3.63) is 71.5 Å². The predicted octanol–water partition coefficient (Wildman–Crippen LogP) is 4.73. The highest BCUT2D eigenvalue weighted by Gasteiger charge is 2.33. The van der Waals surface area contributed by atoms with Crippen LogP contribution in [0.1, 0.15) is 5.56 Å². The second kappa shape index (κ2) is 8.64. The minimum Gasteiger partial charge on any atom is -0.494 e. The molecular formula is C23H18ClN3O4S. The number of anilines is 1. The number of carbonyl (C=O) groups excluding carboxylic acids is 1. The van der Waals surface area contributed by atoms with E-state index in [1.54, 1.807) is 42.6 Å². The molecule has 162 valence electrons. The third-order valence-corrected chi connectivity index (χ3v) is 6.55. The minimum atomic E-state index is -0.814. The van der Waals surface area contributed by atoms with Crippen molar-refractivity contribution in [2.45, 2.75) is 12.6 Å². The molecule has 2 aromatic heterocycles. The van der Waals surface area contributed by atoms with Crippen LogP contribution in [0.25, 0.3) is 10.2 Å². The predicted molar refractivity (Wildman–Crippen MR) is 123 cm³/mol. The van der Waals surface area contributed by atoms with Gasteiger partial charge < -0.3 is 14.2 Å². The summed E-state index contributed by atoms with van der Waals surface area (Å²) in [4.78, 5) is 24.1. The van der Waals surface area contributed by atoms with Gasteiger partial charge in [0.05, 0.1) is 23.4 Å². The van der Waals surface area contributed by atoms with E-state index in [0.29, 0.717) is 32.9 Å². The maximum atomic E-state index is 13.6. The molecule has 0 radical (unpaired) electrons. The number of aromatic nitrogens is 2. The smallest absolute Gasteiger partial charge is 0.273 e. The Balaban J connectivity index is 1.53. The lowest BCUT2D eigenvalue weighted by Gasteiger charge is -2.29. The number of carbonyl (C=O) groups is 1. The zero-order valence-electron chi connectivity index (χ0n) is 17.0. The highest BCUT2D eigenvalue weighted by atomic mass is 35.5. The summed E-state index contributed by atoms with van der Waals surface area (Å²) in [5.74, 6) is 1.48. The van der Waals surface area contributed by atoms with Gasteiger partial charge in [0.2, 0.25) is 6.10 Å². The van der Waals surface area contributed by atoms with Gasteiger partial charge in [-0.05, 0) is 35.9 Å². The van der Waals surface area contributed by atoms with E-state index in [-0.39, 0.29) is 19.1 Å². The number of methoxy groups -OCH3 is 1. The van der Waals surface area contributed by atoms with Crippen molar-refractivity contribution in [2.75, 3.05) is 18.6 Å². The average Bonchev–Trinajstić information content (AvgIpc) is 3.29. The fourth-order valence-corrected chi connectivity index (χ4v) is 4.71. The summed E-state index contributed by atoms with van der Waals surface area (Å²) < 4.78 is 17.9. The molecule has 4 aromatic rings. The number of rotatable bonds is 5. The van der Waals surface area contributed by atoms with E-state index in [1.807, 2.05) is 30.3 Å². The molecule has 0 N–H and O–H groups in total. The van der Waals surface area contributed by atoms with Crippen LogP contribution in [0.15, 0.2) is 60.9 Å². The van der Waals surface area contributed by atoms with Gasteiger partial charge >= 0.3 is 0 Å². The van der Waals surface area contributed by atoms with Gasteiger partial charge in [0.1, 0.15) is 17.9 Å². The van der Waals surface area contributed by atoms with Crippen molar-refractivity contribution in [3.8, 4) is 17.2 Å². The zero-order valence-corrected chi connectivity index (χ0v) is 18.6. The lowest BCUT2D eigenvalue weighted by molar-refractivity contribution is -0.127. The van der Waals surface area contributed by atoms with Crippen molar-refractivity contribution in [1.82, 2.24) is 9.97 Å². The maximum absolute atomic E-state index is 13.6. The van der Waals surface area contributed by atoms with Crippen LogP contribution in [0.5, 0.6) is 17.2 Å². The summed E-state index contributed by atoms with van der Waals surface area (Å²) in [5, 5.41) is 1.03. The topological polar surface area (TPSA) is 73.8 Å². The SMILES string of the molecule is COc1ccc(Cl)c2sc(N(Cc3cccnc3)C(=O)C3COc4ccccc4O3)nc12. The van der Waals surface area contributed by atoms with Gasteiger partial charge in [0.15, 0.2) is 16.6 Å². The van der Waals surface area contributed by atoms with Crippen molar-refractivity contribution in [3.63, 3.8) is 0 Å². The van der Waals surface area contributed by atoms with Crippen molar-refractivity contribution >= 4 is 44.2 Å². The summed E-state index contributed by atoms with van der Waals surface area (Å²) >= 11 is 7.73. The lowest BCUT2D eigenvalue weighted by Crippen LogP contribution is -2.46. The first-order valence-corrected chi connectivity index (χ1v) is 11.1. The summed E-state index contributed by atoms with van der Waals surface area (Å²) in [7, 11) is 1.57. The van der Waals surface area contributed by atoms with Crippen LogP contribution in [0, 0.1) is 0 Å². The Morgan fingerprint density at radius 1 is 1.22 bits per heavy atom. The van der Waals surface area contributed by atoms with E-state index in [1.165, 1.54) is 11.3 Å². The highest BCUT2D eigenvalue weighted by Crippen LogP contribution is 2.40. The molecule has 7 nitrogen and oxygen atoms in total. The minimum absolute atomic E-state index is 0.106. The Kier molecular flexibility index (Phi) is 5.55. The summed E-state index contributed by atoms with van der Waals surface area (Å²) in [6.07, 6.45) is 2.59. The van der Waals surface area contributed by atoms with E-state index in [4.69, 9.17) is 30.8 Å². The van der Waals surface area contributed by atoms with Gasteiger partial charge in [-0.1, -0.05) is 41.1 Å². The Bertz CT molecular complexity index is 1280. The number of hydrogen-bond acceptors (Lipinski definition) is 7. The maximum Gasteiger partial charge on any atom is 0.273 e. The van der Waals surface area contributed by atoms with E-state index in [2.05, 4.69) is 4.98 Å². The number of fused-ring (bicyclic) bond motifs is 2. The number of hydrogen-bond donors (Lipinski definition) is 0. The van der Waals surface area contributed by atoms with Crippen LogP contribution in [0.3, 0.4) is 0 Å². The van der Waals surface area contributed by atoms with Gasteiger partial charge in [0.25, 0.3) is 5.91 Å². The largest absolute Gasteiger partial charge is 0.494 e. The average molecular weight is 468 g/mol. The van der Waals surface area contributed by atoms with Crippen molar-refractivity contribution < 1.29 is 19.0 Å². The molecule has 1 atom stereocenters. The molecule has 0 saturated carbocycles. The van der Waals surface area contributed by atoms with Crippen LogP contribution < -0.4 is 19.1 Å². The van der Waals surface area contributed by atoms with Gasteiger partial charge in [-0.2, -0.15) is 0 Å². The van der Waals surface area contributed by atoms with Crippen molar-refractivity contribution in [1.29, 1.82) is 0 Å². The quantitative estimate of drug-likeness (QED) is 0.422. The molecular weight excluding hydrogens is 450 g/mol. The van der Waals surface area contributed by atoms with Crippen LogP contribution in [0.4, 0.5) is 5.13 Å². The van der Waals surface area contributed by atoms with E-state index < -0.39 is 6.10 Å². The second-order valence-corrected chi connectivity index (χ2v) is 8.46. The standard InChI is InChI=1S/C23H18ClN3O4S/c1-29-18-9-8-15(24)21-20(18)26-23(32-21)27(12-14-5-4-10-25-11-14)22(28)19-13-30-16-6-2-3-7-17(16)31-19/h2-11,19H,12-13H2,1H3. The van der Waals surface area contributed by atoms with Gasteiger partial charge in [-0.3, -0.25) is 14.7 Å². The number of amides is 1. The van der Waals surface area contributed by atoms with E-state index in [9.17, 15) is 4.79 Å². The molecule has 3 heterocycles. The molecule has 0 fully saturated rings. The third kappa shape index (κ3) is 3.83. The summed E-state index contributed by atoms with van der Waals surface area (Å²) in [6, 6.07) is 14.5. The first-order valence-electron chi connectivity index (χ1n) is 9.86. The van der Waals surface area contributed by atoms with Crippen molar-refractivity contribution in [2.24, 2.45) is 0 Å². The number of ether oxygens (including phenoxy) is 3. The van der Waals surface area contributed by atoms with Gasteiger partial charge in [0, 0.05) is 12.4 Å². The number of para-hydroxylation sites is 2. The molecule has 1 unspecified atom stereocenters. The van der Waals surface area contributed by atoms with E-state index in [0.717, 1.165) is 10.3 Å². The number of benzene rings is 2. The molecule has 5 rings (SSSR count). The third-order valence-electron chi connectivity index (χ3n) is 5.01. The normalized spacial score (nSPS) is 14.9. The molecule has 0 bridgehead atoms. The summed E-state index contributed by atoms with van der Waals surface area (Å²) in [5.41, 5.74) is 1.46. The lowest BCUT2D eigenvalue weighted by atomic mass is 10.2. The number of nitrogens with zero attached hydrogens (tertiary/aromatic N) is 3. The second-order valence-electron chi connectivity index (χ2n) is 7.07. The fraction of sp³-hybridized carbons (Fsp3) is 0.174. The Morgan fingerprint density at radius 2 is 2.06 bits per heavy atom. The first-order chi connectivity index (χ1) is 15.6. The summed E-state index contributed by atoms with van der Waals surface area (Å²) in [6.45, 7) is 0.377. The number of pyridine rings is 1. The fourth-order valence-electron chi connectivity index (χ4n) is 3.45.